The van der Waals surface area contributed by atoms with Crippen LogP contribution in [0.5, 0.6) is 0 Å². The average molecular weight is 589 g/mol. The molecule has 0 radical (unpaired) electrons. The highest BCUT2D eigenvalue weighted by atomic mass is 32.2. The Morgan fingerprint density at radius 1 is 1.18 bits per heavy atom. The van der Waals surface area contributed by atoms with E-state index in [0.717, 1.165) is 28.6 Å². The first kappa shape index (κ1) is 29.2. The number of hydrogen-bond acceptors (Lipinski definition) is 10. The van der Waals surface area contributed by atoms with E-state index in [1.165, 1.54) is 6.20 Å². The Morgan fingerprint density at radius 3 is 2.42 bits per heavy atom. The highest BCUT2D eigenvalue weighted by Gasteiger charge is 2.52. The van der Waals surface area contributed by atoms with Crippen LogP contribution in [0, 0.1) is 23.4 Å². The van der Waals surface area contributed by atoms with Crippen molar-refractivity contribution in [3.05, 3.63) is 35.8 Å². The molecule has 3 aliphatic heterocycles. The number of carbonyl (C=O) groups excluding carboxylic acids is 1. The summed E-state index contributed by atoms with van der Waals surface area (Å²) in [6.07, 6.45) is -2.63. The fraction of sp³-hybridized carbons (Fsp3) is 0.640. The summed E-state index contributed by atoms with van der Waals surface area (Å²) in [6, 6.07) is 0.212. The highest BCUT2D eigenvalue weighted by molar-refractivity contribution is 8.01. The zero-order valence-electron chi connectivity index (χ0n) is 21.6. The van der Waals surface area contributed by atoms with Gasteiger partial charge in [0.25, 0.3) is 0 Å². The average Bonchev–Trinajstić information content (AvgIpc) is 3.39. The van der Waals surface area contributed by atoms with Gasteiger partial charge >= 0.3 is 0 Å². The molecule has 4 N–H and O–H groups in total. The van der Waals surface area contributed by atoms with E-state index in [2.05, 4.69) is 10.3 Å². The van der Waals surface area contributed by atoms with Crippen LogP contribution in [0.4, 0.5) is 13.2 Å². The lowest BCUT2D eigenvalue weighted by Crippen LogP contribution is -2.61. The van der Waals surface area contributed by atoms with Crippen LogP contribution in [0.3, 0.4) is 0 Å². The molecule has 1 aromatic heterocycles. The monoisotopic (exact) mass is 588 g/mol. The summed E-state index contributed by atoms with van der Waals surface area (Å²) in [5.74, 6) is -4.48. The van der Waals surface area contributed by atoms with Crippen LogP contribution in [-0.2, 0) is 14.3 Å². The van der Waals surface area contributed by atoms with Crippen molar-refractivity contribution in [2.75, 3.05) is 32.9 Å². The number of carbonyl (C=O) groups is 1. The molecule has 220 valence electrons. The first-order valence-corrected chi connectivity index (χ1v) is 13.9. The number of hydrogen-bond donors (Lipinski definition) is 4. The summed E-state index contributed by atoms with van der Waals surface area (Å²) in [6.45, 7) is 2.92. The van der Waals surface area contributed by atoms with Gasteiger partial charge in [0.1, 0.15) is 40.7 Å². The number of likely N-dealkylation sites (tertiary alicyclic amines) is 1. The number of aliphatic hydroxyl groups excluding tert-OH is 3. The highest BCUT2D eigenvalue weighted by Crippen LogP contribution is 2.42. The van der Waals surface area contributed by atoms with Gasteiger partial charge < -0.3 is 34.8 Å². The maximum atomic E-state index is 13.8. The van der Waals surface area contributed by atoms with Crippen molar-refractivity contribution in [3.8, 4) is 11.3 Å². The second-order valence-corrected chi connectivity index (χ2v) is 11.8. The molecular formula is C25H31F3N4O7S. The molecule has 2 aromatic rings. The Bertz CT molecular complexity index is 1200. The molecule has 3 aliphatic rings. The van der Waals surface area contributed by atoms with Crippen molar-refractivity contribution in [3.63, 3.8) is 0 Å². The second-order valence-electron chi connectivity index (χ2n) is 10.6. The van der Waals surface area contributed by atoms with Gasteiger partial charge in [0.15, 0.2) is 17.5 Å². The van der Waals surface area contributed by atoms with Crippen LogP contribution < -0.4 is 0 Å². The Hall–Kier alpha value is -2.27. The Kier molecular flexibility index (Phi) is 8.44. The second kappa shape index (κ2) is 11.5. The van der Waals surface area contributed by atoms with Gasteiger partial charge in [0.2, 0.25) is 5.91 Å². The number of nitrogens with zero attached hydrogens (tertiary/aromatic N) is 4. The lowest BCUT2D eigenvalue weighted by atomic mass is 9.88. The lowest BCUT2D eigenvalue weighted by Gasteiger charge is -2.47. The smallest absolute Gasteiger partial charge is 0.238 e. The molecule has 1 amide bonds. The van der Waals surface area contributed by atoms with Crippen LogP contribution in [-0.4, -0.2) is 114 Å². The molecule has 0 spiro atoms. The topological polar surface area (TPSA) is 150 Å². The third kappa shape index (κ3) is 5.47. The maximum Gasteiger partial charge on any atom is 0.238 e. The maximum absolute atomic E-state index is 13.8. The standard InChI is InChI=1S/C25H31F3N4O7S/c1-12-8-31(9-12)23(36)22(25(37)2-4-38-5-3-25)40-24-21(35)19(20(34)17(11-33)39-24)32-10-16(29-30-32)13-6-14(26)18(28)15(27)7-13/h6-7,10,12,17,19-22,24,33-35,37H,2-5,8-9,11H2,1H3/t17-,19+,20+,21-,22+,24+/m1/s1. The Balaban J connectivity index is 1.43. The summed E-state index contributed by atoms with van der Waals surface area (Å²) in [5.41, 5.74) is -2.83. The minimum atomic E-state index is -1.64. The summed E-state index contributed by atoms with van der Waals surface area (Å²) < 4.78 is 53.2. The zero-order valence-corrected chi connectivity index (χ0v) is 22.4. The van der Waals surface area contributed by atoms with Crippen LogP contribution in [0.2, 0.25) is 0 Å². The van der Waals surface area contributed by atoms with Crippen molar-refractivity contribution in [2.45, 2.75) is 60.4 Å². The SMILES string of the molecule is CC1CN(C(=O)[C@H](S[C@@H]2O[C@H](CO)[C@H](O)[C@H](n3cc(-c4cc(F)c(F)c(F)c4)nn3)[C@H]2O)C2(O)CCOCC2)C1. The fourth-order valence-corrected chi connectivity index (χ4v) is 6.88. The molecule has 40 heavy (non-hydrogen) atoms. The van der Waals surface area contributed by atoms with E-state index in [1.54, 1.807) is 4.90 Å². The lowest BCUT2D eigenvalue weighted by molar-refractivity contribution is -0.179. The van der Waals surface area contributed by atoms with Crippen molar-refractivity contribution >= 4 is 17.7 Å². The number of halogens is 3. The predicted octanol–water partition coefficient (Wildman–Crippen LogP) is 0.464. The molecule has 3 saturated heterocycles. The Labute approximate surface area is 231 Å². The van der Waals surface area contributed by atoms with E-state index in [9.17, 15) is 38.4 Å². The van der Waals surface area contributed by atoms with Gasteiger partial charge in [-0.25, -0.2) is 17.9 Å². The Morgan fingerprint density at radius 2 is 1.82 bits per heavy atom. The molecule has 3 fully saturated rings. The molecule has 0 bridgehead atoms. The summed E-state index contributed by atoms with van der Waals surface area (Å²) >= 11 is 0.901. The molecular weight excluding hydrogens is 557 g/mol. The van der Waals surface area contributed by atoms with E-state index in [4.69, 9.17) is 9.47 Å². The number of thioether (sulfide) groups is 1. The van der Waals surface area contributed by atoms with Gasteiger partial charge in [-0.3, -0.25) is 4.79 Å². The van der Waals surface area contributed by atoms with Gasteiger partial charge in [-0.15, -0.1) is 16.9 Å². The molecule has 0 saturated carbocycles. The van der Waals surface area contributed by atoms with E-state index in [-0.39, 0.29) is 43.2 Å². The largest absolute Gasteiger partial charge is 0.394 e. The minimum absolute atomic E-state index is 0.0649. The van der Waals surface area contributed by atoms with Gasteiger partial charge in [0.05, 0.1) is 18.4 Å². The number of amides is 1. The van der Waals surface area contributed by atoms with Crippen LogP contribution in [0.1, 0.15) is 25.8 Å². The van der Waals surface area contributed by atoms with Crippen LogP contribution in [0.25, 0.3) is 11.3 Å². The van der Waals surface area contributed by atoms with Crippen molar-refractivity contribution < 1.29 is 47.9 Å². The minimum Gasteiger partial charge on any atom is -0.394 e. The molecule has 5 rings (SSSR count). The van der Waals surface area contributed by atoms with Crippen molar-refractivity contribution in [2.24, 2.45) is 5.92 Å². The number of aromatic nitrogens is 3. The summed E-state index contributed by atoms with van der Waals surface area (Å²) in [7, 11) is 0. The third-order valence-electron chi connectivity index (χ3n) is 7.66. The first-order chi connectivity index (χ1) is 19.0. The van der Waals surface area contributed by atoms with Crippen molar-refractivity contribution in [1.82, 2.24) is 19.9 Å². The summed E-state index contributed by atoms with van der Waals surface area (Å²) in [5, 5.41) is 50.4. The van der Waals surface area contributed by atoms with Gasteiger partial charge in [-0.1, -0.05) is 12.1 Å². The molecule has 0 aliphatic carbocycles. The van der Waals surface area contributed by atoms with Gasteiger partial charge in [-0.2, -0.15) is 0 Å². The molecule has 11 nitrogen and oxygen atoms in total. The normalized spacial score (nSPS) is 29.7. The first-order valence-electron chi connectivity index (χ1n) is 13.0. The van der Waals surface area contributed by atoms with E-state index in [0.29, 0.717) is 19.0 Å². The predicted molar refractivity (Wildman–Crippen MR) is 134 cm³/mol. The fourth-order valence-electron chi connectivity index (χ4n) is 5.33. The quantitative estimate of drug-likeness (QED) is 0.336. The van der Waals surface area contributed by atoms with E-state index < -0.39 is 64.7 Å². The van der Waals surface area contributed by atoms with Crippen LogP contribution >= 0.6 is 11.8 Å². The van der Waals surface area contributed by atoms with Gasteiger partial charge in [0, 0.05) is 44.7 Å². The summed E-state index contributed by atoms with van der Waals surface area (Å²) in [4.78, 5) is 15.1. The van der Waals surface area contributed by atoms with Crippen molar-refractivity contribution in [1.29, 1.82) is 0 Å². The number of benzene rings is 1. The third-order valence-corrected chi connectivity index (χ3v) is 9.23. The molecule has 6 atom stereocenters. The molecule has 4 heterocycles. The number of ether oxygens (including phenoxy) is 2. The van der Waals surface area contributed by atoms with Gasteiger partial charge in [-0.05, 0) is 18.1 Å². The van der Waals surface area contributed by atoms with E-state index in [1.807, 2.05) is 6.92 Å². The van der Waals surface area contributed by atoms with Crippen LogP contribution in [0.15, 0.2) is 18.3 Å². The molecule has 0 unspecified atom stereocenters. The zero-order chi connectivity index (χ0) is 28.8. The number of rotatable bonds is 7. The molecule has 1 aromatic carbocycles. The number of aliphatic hydroxyl groups is 4. The van der Waals surface area contributed by atoms with E-state index >= 15 is 0 Å². The molecule has 15 heteroatoms.